The molecule has 0 bridgehead atoms. The zero-order valence-electron chi connectivity index (χ0n) is 19.9. The molecule has 1 heterocycles. The van der Waals surface area contributed by atoms with Crippen molar-refractivity contribution in [3.8, 4) is 5.75 Å². The summed E-state index contributed by atoms with van der Waals surface area (Å²) in [5.41, 5.74) is 3.28. The number of carbonyl (C=O) groups excluding carboxylic acids is 2. The molecule has 10 heteroatoms. The molecule has 0 radical (unpaired) electrons. The van der Waals surface area contributed by atoms with Crippen molar-refractivity contribution in [3.63, 3.8) is 0 Å². The molecule has 0 unspecified atom stereocenters. The number of nitrogens with zero attached hydrogens (tertiary/aromatic N) is 1. The minimum atomic E-state index is -3.84. The van der Waals surface area contributed by atoms with Gasteiger partial charge in [-0.3, -0.25) is 9.59 Å². The first-order valence-electron chi connectivity index (χ1n) is 11.0. The maximum Gasteiger partial charge on any atom is 0.309 e. The molecule has 184 valence electrons. The fourth-order valence-electron chi connectivity index (χ4n) is 4.09. The fourth-order valence-corrected chi connectivity index (χ4v) is 6.01. The first-order chi connectivity index (χ1) is 16.1. The zero-order valence-corrected chi connectivity index (χ0v) is 20.7. The van der Waals surface area contributed by atoms with E-state index in [4.69, 9.17) is 9.47 Å². The molecule has 2 amide bonds. The van der Waals surface area contributed by atoms with Gasteiger partial charge in [0.2, 0.25) is 10.0 Å². The molecular formula is C24H31N3O6S. The van der Waals surface area contributed by atoms with Gasteiger partial charge >= 0.3 is 11.8 Å². The molecule has 1 fully saturated rings. The average Bonchev–Trinajstić information content (AvgIpc) is 3.26. The lowest BCUT2D eigenvalue weighted by Crippen LogP contribution is -2.47. The first kappa shape index (κ1) is 25.7. The predicted molar refractivity (Wildman–Crippen MR) is 127 cm³/mol. The second-order valence-electron chi connectivity index (χ2n) is 8.23. The monoisotopic (exact) mass is 489 g/mol. The first-order valence-corrected chi connectivity index (χ1v) is 12.5. The van der Waals surface area contributed by atoms with Gasteiger partial charge in [0.1, 0.15) is 12.0 Å². The summed E-state index contributed by atoms with van der Waals surface area (Å²) in [6.07, 6.45) is -0.336. The molecule has 1 atom stereocenters. The Morgan fingerprint density at radius 2 is 1.68 bits per heavy atom. The number of hydrogen-bond donors (Lipinski definition) is 2. The molecule has 0 aliphatic carbocycles. The van der Waals surface area contributed by atoms with E-state index in [-0.39, 0.29) is 31.1 Å². The van der Waals surface area contributed by atoms with E-state index in [1.165, 1.54) is 4.31 Å². The highest BCUT2D eigenvalue weighted by molar-refractivity contribution is 7.89. The van der Waals surface area contributed by atoms with E-state index in [2.05, 4.69) is 10.6 Å². The van der Waals surface area contributed by atoms with Crippen molar-refractivity contribution in [2.24, 2.45) is 0 Å². The third-order valence-corrected chi connectivity index (χ3v) is 7.81. The molecule has 1 saturated heterocycles. The van der Waals surface area contributed by atoms with Crippen LogP contribution in [0.2, 0.25) is 0 Å². The van der Waals surface area contributed by atoms with E-state index in [0.29, 0.717) is 17.5 Å². The Balaban J connectivity index is 1.54. The third-order valence-electron chi connectivity index (χ3n) is 5.62. The van der Waals surface area contributed by atoms with Crippen LogP contribution in [0.5, 0.6) is 5.75 Å². The normalized spacial score (nSPS) is 16.3. The van der Waals surface area contributed by atoms with E-state index in [1.807, 2.05) is 43.3 Å². The zero-order chi connectivity index (χ0) is 24.9. The van der Waals surface area contributed by atoms with Crippen LogP contribution < -0.4 is 15.4 Å². The van der Waals surface area contributed by atoms with Gasteiger partial charge in [-0.1, -0.05) is 29.8 Å². The molecule has 0 aromatic heterocycles. The third kappa shape index (κ3) is 5.94. The number of hydrogen-bond acceptors (Lipinski definition) is 6. The largest absolute Gasteiger partial charge is 0.497 e. The molecule has 3 rings (SSSR count). The number of benzene rings is 2. The predicted octanol–water partition coefficient (Wildman–Crippen LogP) is 1.44. The number of ether oxygens (including phenoxy) is 2. The van der Waals surface area contributed by atoms with Crippen LogP contribution in [0, 0.1) is 20.8 Å². The summed E-state index contributed by atoms with van der Waals surface area (Å²) in [5, 5.41) is 5.05. The lowest BCUT2D eigenvalue weighted by molar-refractivity contribution is -0.139. The van der Waals surface area contributed by atoms with Crippen LogP contribution in [0.3, 0.4) is 0 Å². The van der Waals surface area contributed by atoms with Gasteiger partial charge in [0, 0.05) is 13.1 Å². The molecule has 0 saturated carbocycles. The van der Waals surface area contributed by atoms with Crippen molar-refractivity contribution in [2.45, 2.75) is 38.3 Å². The topological polar surface area (TPSA) is 114 Å². The van der Waals surface area contributed by atoms with Gasteiger partial charge in [-0.25, -0.2) is 8.42 Å². The van der Waals surface area contributed by atoms with Crippen molar-refractivity contribution >= 4 is 21.8 Å². The van der Waals surface area contributed by atoms with Gasteiger partial charge in [-0.05, 0) is 56.0 Å². The highest BCUT2D eigenvalue weighted by Gasteiger charge is 2.38. The number of nitrogens with one attached hydrogen (secondary N) is 2. The van der Waals surface area contributed by atoms with Gasteiger partial charge in [0.05, 0.1) is 25.2 Å². The quantitative estimate of drug-likeness (QED) is 0.543. The SMILES string of the molecule is COc1ccc(CCNC(=O)C(=O)NC[C@@H]2OCCN2S(=O)(=O)c2c(C)cc(C)cc2C)cc1. The van der Waals surface area contributed by atoms with Gasteiger partial charge in [-0.15, -0.1) is 0 Å². The number of carbonyl (C=O) groups is 2. The molecule has 0 spiro atoms. The summed E-state index contributed by atoms with van der Waals surface area (Å²) in [4.78, 5) is 24.6. The van der Waals surface area contributed by atoms with Gasteiger partial charge in [-0.2, -0.15) is 4.31 Å². The van der Waals surface area contributed by atoms with Crippen molar-refractivity contribution in [1.29, 1.82) is 0 Å². The maximum absolute atomic E-state index is 13.3. The van der Waals surface area contributed by atoms with Crippen molar-refractivity contribution in [3.05, 3.63) is 58.7 Å². The molecule has 1 aliphatic heterocycles. The molecule has 9 nitrogen and oxygen atoms in total. The number of sulfonamides is 1. The Morgan fingerprint density at radius 3 is 2.29 bits per heavy atom. The van der Waals surface area contributed by atoms with Crippen LogP contribution in [-0.4, -0.2) is 64.1 Å². The van der Waals surface area contributed by atoms with E-state index < -0.39 is 28.1 Å². The van der Waals surface area contributed by atoms with E-state index in [9.17, 15) is 18.0 Å². The van der Waals surface area contributed by atoms with Crippen LogP contribution in [0.15, 0.2) is 41.3 Å². The average molecular weight is 490 g/mol. The highest BCUT2D eigenvalue weighted by Crippen LogP contribution is 2.28. The van der Waals surface area contributed by atoms with Crippen LogP contribution in [0.4, 0.5) is 0 Å². The van der Waals surface area contributed by atoms with Gasteiger partial charge in [0.15, 0.2) is 0 Å². The van der Waals surface area contributed by atoms with Crippen LogP contribution >= 0.6 is 0 Å². The highest BCUT2D eigenvalue weighted by atomic mass is 32.2. The van der Waals surface area contributed by atoms with Crippen molar-refractivity contribution in [2.75, 3.05) is 33.4 Å². The van der Waals surface area contributed by atoms with Gasteiger partial charge in [0.25, 0.3) is 0 Å². The number of aryl methyl sites for hydroxylation is 3. The standard InChI is InChI=1S/C24H31N3O6S/c1-16-13-17(2)22(18(3)14-16)34(30,31)27-11-12-33-21(27)15-26-24(29)23(28)25-10-9-19-5-7-20(32-4)8-6-19/h5-8,13-14,21H,9-12,15H2,1-4H3,(H,25,28)(H,26,29)/t21-/m0/s1. The summed E-state index contributed by atoms with van der Waals surface area (Å²) in [6, 6.07) is 11.1. The summed E-state index contributed by atoms with van der Waals surface area (Å²) >= 11 is 0. The van der Waals surface area contributed by atoms with E-state index >= 15 is 0 Å². The van der Waals surface area contributed by atoms with Crippen LogP contribution in [0.25, 0.3) is 0 Å². The molecule has 34 heavy (non-hydrogen) atoms. The Morgan fingerprint density at radius 1 is 1.06 bits per heavy atom. The number of methoxy groups -OCH3 is 1. The Kier molecular flexibility index (Phi) is 8.29. The van der Waals surface area contributed by atoms with E-state index in [1.54, 1.807) is 21.0 Å². The summed E-state index contributed by atoms with van der Waals surface area (Å²) in [5.74, 6) is -0.888. The summed E-state index contributed by atoms with van der Waals surface area (Å²) in [7, 11) is -2.25. The van der Waals surface area contributed by atoms with Crippen molar-refractivity contribution < 1.29 is 27.5 Å². The smallest absolute Gasteiger partial charge is 0.309 e. The minimum absolute atomic E-state index is 0.131. The van der Waals surface area contributed by atoms with Crippen molar-refractivity contribution in [1.82, 2.24) is 14.9 Å². The molecule has 2 N–H and O–H groups in total. The molecule has 2 aromatic rings. The Bertz CT molecular complexity index is 1120. The molecule has 2 aromatic carbocycles. The Hall–Kier alpha value is -2.95. The fraction of sp³-hybridized carbons (Fsp3) is 0.417. The number of amides is 2. The second-order valence-corrected chi connectivity index (χ2v) is 10.1. The second kappa shape index (κ2) is 11.0. The lowest BCUT2D eigenvalue weighted by Gasteiger charge is -2.24. The molecular weight excluding hydrogens is 458 g/mol. The summed E-state index contributed by atoms with van der Waals surface area (Å²) in [6.45, 7) is 5.96. The minimum Gasteiger partial charge on any atom is -0.497 e. The lowest BCUT2D eigenvalue weighted by atomic mass is 10.1. The van der Waals surface area contributed by atoms with Crippen LogP contribution in [-0.2, 0) is 30.8 Å². The van der Waals surface area contributed by atoms with E-state index in [0.717, 1.165) is 16.9 Å². The summed E-state index contributed by atoms with van der Waals surface area (Å²) < 4.78 is 38.6. The van der Waals surface area contributed by atoms with Gasteiger partial charge < -0.3 is 20.1 Å². The maximum atomic E-state index is 13.3. The Labute approximate surface area is 200 Å². The number of rotatable bonds is 8. The van der Waals surface area contributed by atoms with Crippen LogP contribution in [0.1, 0.15) is 22.3 Å². The molecule has 1 aliphatic rings.